The quantitative estimate of drug-likeness (QED) is 0.790. The van der Waals surface area contributed by atoms with E-state index in [2.05, 4.69) is 21.2 Å². The normalized spacial score (nSPS) is 10.6. The van der Waals surface area contributed by atoms with E-state index in [1.807, 2.05) is 0 Å². The van der Waals surface area contributed by atoms with Crippen LogP contribution in [-0.2, 0) is 17.8 Å². The number of rotatable bonds is 5. The van der Waals surface area contributed by atoms with E-state index in [0.29, 0.717) is 6.54 Å². The topological polar surface area (TPSA) is 49.3 Å². The van der Waals surface area contributed by atoms with E-state index in [-0.39, 0.29) is 16.6 Å². The molecule has 0 spiro atoms. The first-order chi connectivity index (χ1) is 9.45. The van der Waals surface area contributed by atoms with Crippen LogP contribution in [0.5, 0.6) is 0 Å². The number of hydrogen-bond donors (Lipinski definition) is 2. The highest BCUT2D eigenvalue weighted by atomic mass is 79.9. The first-order valence-corrected chi connectivity index (χ1v) is 7.24. The predicted molar refractivity (Wildman–Crippen MR) is 77.0 cm³/mol. The summed E-state index contributed by atoms with van der Waals surface area (Å²) in [6.45, 7) is 0.308. The van der Waals surface area contributed by atoms with Crippen LogP contribution in [0.1, 0.15) is 9.75 Å². The Morgan fingerprint density at radius 2 is 1.95 bits per heavy atom. The van der Waals surface area contributed by atoms with Gasteiger partial charge in [-0.3, -0.25) is 4.79 Å². The number of hydrogen-bond acceptors (Lipinski definition) is 3. The number of nitrogens with one attached hydrogen (secondary N) is 1. The van der Waals surface area contributed by atoms with Gasteiger partial charge in [-0.25, -0.2) is 8.78 Å². The van der Waals surface area contributed by atoms with Gasteiger partial charge in [0.2, 0.25) is 0 Å². The summed E-state index contributed by atoms with van der Waals surface area (Å²) in [7, 11) is 0. The number of benzene rings is 1. The Balaban J connectivity index is 2.03. The molecule has 1 aromatic heterocycles. The third-order valence-electron chi connectivity index (χ3n) is 2.51. The van der Waals surface area contributed by atoms with Crippen LogP contribution < -0.4 is 5.32 Å². The molecule has 0 fully saturated rings. The minimum atomic E-state index is -0.896. The molecule has 0 atom stereocenters. The molecule has 0 radical (unpaired) electrons. The van der Waals surface area contributed by atoms with E-state index >= 15 is 0 Å². The molecule has 2 N–H and O–H groups in total. The molecule has 0 saturated heterocycles. The summed E-state index contributed by atoms with van der Waals surface area (Å²) in [5.74, 6) is -2.00. The molecule has 1 heterocycles. The van der Waals surface area contributed by atoms with Gasteiger partial charge in [0.15, 0.2) is 0 Å². The van der Waals surface area contributed by atoms with Crippen molar-refractivity contribution in [3.63, 3.8) is 0 Å². The van der Waals surface area contributed by atoms with Crippen molar-refractivity contribution in [3.05, 3.63) is 50.1 Å². The summed E-state index contributed by atoms with van der Waals surface area (Å²) in [4.78, 5) is 12.1. The molecule has 7 heteroatoms. The fraction of sp³-hybridized carbons (Fsp3) is 0.154. The molecule has 0 aliphatic carbocycles. The lowest BCUT2D eigenvalue weighted by Gasteiger charge is -2.07. The zero-order chi connectivity index (χ0) is 14.7. The molecule has 0 bridgehead atoms. The van der Waals surface area contributed by atoms with Gasteiger partial charge >= 0.3 is 5.97 Å². The lowest BCUT2D eigenvalue weighted by Crippen LogP contribution is -2.01. The molecule has 0 aliphatic heterocycles. The number of thiophene rings is 1. The van der Waals surface area contributed by atoms with Crippen LogP contribution in [-0.4, -0.2) is 11.1 Å². The van der Waals surface area contributed by atoms with Gasteiger partial charge in [-0.1, -0.05) is 0 Å². The lowest BCUT2D eigenvalue weighted by molar-refractivity contribution is -0.136. The number of carboxylic acids is 1. The number of aliphatic carboxylic acids is 1. The summed E-state index contributed by atoms with van der Waals surface area (Å²) < 4.78 is 27.0. The van der Waals surface area contributed by atoms with Crippen molar-refractivity contribution in [2.45, 2.75) is 13.0 Å². The van der Waals surface area contributed by atoms with Crippen molar-refractivity contribution in [1.29, 1.82) is 0 Å². The molecule has 0 aliphatic rings. The lowest BCUT2D eigenvalue weighted by atomic mass is 10.3. The molecular formula is C13H10BrF2NO2S. The van der Waals surface area contributed by atoms with E-state index in [0.717, 1.165) is 21.9 Å². The van der Waals surface area contributed by atoms with Gasteiger partial charge in [0.25, 0.3) is 0 Å². The highest BCUT2D eigenvalue weighted by Crippen LogP contribution is 2.25. The predicted octanol–water partition coefficient (Wildman–Crippen LogP) is 4.03. The van der Waals surface area contributed by atoms with Crippen LogP contribution in [0.25, 0.3) is 0 Å². The van der Waals surface area contributed by atoms with Crippen molar-refractivity contribution in [2.75, 3.05) is 5.32 Å². The third-order valence-corrected chi connectivity index (χ3v) is 4.20. The smallest absolute Gasteiger partial charge is 0.308 e. The summed E-state index contributed by atoms with van der Waals surface area (Å²) >= 11 is 4.23. The first kappa shape index (κ1) is 14.9. The Kier molecular flexibility index (Phi) is 4.72. The van der Waals surface area contributed by atoms with E-state index in [4.69, 9.17) is 5.11 Å². The van der Waals surface area contributed by atoms with E-state index in [1.165, 1.54) is 11.3 Å². The Labute approximate surface area is 126 Å². The van der Waals surface area contributed by atoms with Crippen LogP contribution >= 0.6 is 27.3 Å². The zero-order valence-electron chi connectivity index (χ0n) is 10.1. The van der Waals surface area contributed by atoms with Crippen LogP contribution in [0, 0.1) is 11.6 Å². The number of carboxylic acid groups (broad SMARTS) is 1. The SMILES string of the molecule is O=C(O)Cc1ccc(CNc2cc(F)c(Br)cc2F)s1. The third kappa shape index (κ3) is 3.77. The second-order valence-corrected chi connectivity index (χ2v) is 6.15. The van der Waals surface area contributed by atoms with Crippen LogP contribution in [0.3, 0.4) is 0 Å². The molecule has 106 valence electrons. The fourth-order valence-corrected chi connectivity index (χ4v) is 2.87. The van der Waals surface area contributed by atoms with Crippen LogP contribution in [0.2, 0.25) is 0 Å². The molecule has 3 nitrogen and oxygen atoms in total. The van der Waals surface area contributed by atoms with E-state index in [1.54, 1.807) is 12.1 Å². The van der Waals surface area contributed by atoms with Crippen molar-refractivity contribution in [3.8, 4) is 0 Å². The van der Waals surface area contributed by atoms with Gasteiger partial charge in [0.05, 0.1) is 16.6 Å². The second-order valence-electron chi connectivity index (χ2n) is 4.04. The average Bonchev–Trinajstić information content (AvgIpc) is 2.79. The minimum absolute atomic E-state index is 0.0358. The van der Waals surface area contributed by atoms with Crippen LogP contribution in [0.4, 0.5) is 14.5 Å². The van der Waals surface area contributed by atoms with Crippen molar-refractivity contribution < 1.29 is 18.7 Å². The molecule has 2 rings (SSSR count). The van der Waals surface area contributed by atoms with Gasteiger partial charge in [0.1, 0.15) is 11.6 Å². The Hall–Kier alpha value is -1.47. The van der Waals surface area contributed by atoms with E-state index < -0.39 is 17.6 Å². The Bertz CT molecular complexity index is 645. The van der Waals surface area contributed by atoms with Crippen molar-refractivity contribution >= 4 is 38.9 Å². The Morgan fingerprint density at radius 3 is 2.65 bits per heavy atom. The first-order valence-electron chi connectivity index (χ1n) is 5.63. The van der Waals surface area contributed by atoms with Crippen molar-refractivity contribution in [1.82, 2.24) is 0 Å². The summed E-state index contributed by atoms with van der Waals surface area (Å²) in [5, 5.41) is 11.5. The van der Waals surface area contributed by atoms with Crippen LogP contribution in [0.15, 0.2) is 28.7 Å². The summed E-state index contributed by atoms with van der Waals surface area (Å²) in [6, 6.07) is 5.62. The molecule has 1 aromatic carbocycles. The van der Waals surface area contributed by atoms with Gasteiger partial charge in [-0.15, -0.1) is 11.3 Å². The van der Waals surface area contributed by atoms with Gasteiger partial charge in [-0.05, 0) is 34.1 Å². The largest absolute Gasteiger partial charge is 0.481 e. The van der Waals surface area contributed by atoms with Crippen molar-refractivity contribution in [2.24, 2.45) is 0 Å². The molecule has 0 unspecified atom stereocenters. The molecule has 0 amide bonds. The highest BCUT2D eigenvalue weighted by molar-refractivity contribution is 9.10. The maximum absolute atomic E-state index is 13.6. The number of halogens is 3. The number of carbonyl (C=O) groups is 1. The maximum atomic E-state index is 13.6. The standard InChI is InChI=1S/C13H10BrF2NO2S/c14-9-4-11(16)12(5-10(9)15)17-6-8-2-1-7(20-8)3-13(18)19/h1-2,4-5,17H,3,6H2,(H,18,19). The van der Waals surface area contributed by atoms with E-state index in [9.17, 15) is 13.6 Å². The second kappa shape index (κ2) is 6.32. The Morgan fingerprint density at radius 1 is 1.25 bits per heavy atom. The van der Waals surface area contributed by atoms with Gasteiger partial charge < -0.3 is 10.4 Å². The number of anilines is 1. The average molecular weight is 362 g/mol. The molecule has 0 saturated carbocycles. The molecule has 2 aromatic rings. The monoisotopic (exact) mass is 361 g/mol. The zero-order valence-corrected chi connectivity index (χ0v) is 12.5. The highest BCUT2D eigenvalue weighted by Gasteiger charge is 2.09. The molecule has 20 heavy (non-hydrogen) atoms. The van der Waals surface area contributed by atoms with Gasteiger partial charge in [-0.2, -0.15) is 0 Å². The van der Waals surface area contributed by atoms with Gasteiger partial charge in [0, 0.05) is 22.4 Å². The summed E-state index contributed by atoms with van der Waals surface area (Å²) in [6.07, 6.45) is -0.0358. The summed E-state index contributed by atoms with van der Waals surface area (Å²) in [5.41, 5.74) is 0.0684. The minimum Gasteiger partial charge on any atom is -0.481 e. The molecular weight excluding hydrogens is 352 g/mol. The fourth-order valence-electron chi connectivity index (χ4n) is 1.60. The maximum Gasteiger partial charge on any atom is 0.308 e.